The minimum atomic E-state index is -0.291. The maximum atomic E-state index is 12.1. The Hall–Kier alpha value is -1.29. The van der Waals surface area contributed by atoms with Crippen molar-refractivity contribution in [3.05, 3.63) is 23.4 Å². The van der Waals surface area contributed by atoms with Crippen molar-refractivity contribution in [2.24, 2.45) is 0 Å². The molecule has 0 spiro atoms. The van der Waals surface area contributed by atoms with Crippen molar-refractivity contribution in [1.29, 1.82) is 0 Å². The number of carbonyl (C=O) groups excluding carboxylic acids is 1. The van der Waals surface area contributed by atoms with Gasteiger partial charge in [0.2, 0.25) is 5.91 Å². The van der Waals surface area contributed by atoms with Crippen LogP contribution in [0.15, 0.2) is 18.3 Å². The van der Waals surface area contributed by atoms with E-state index >= 15 is 0 Å². The van der Waals surface area contributed by atoms with E-state index in [1.54, 1.807) is 18.3 Å². The first-order chi connectivity index (χ1) is 8.18. The fourth-order valence-corrected chi connectivity index (χ4v) is 2.15. The van der Waals surface area contributed by atoms with Gasteiger partial charge < -0.3 is 10.2 Å². The highest BCUT2D eigenvalue weighted by atomic mass is 35.5. The second kappa shape index (κ2) is 5.36. The molecule has 0 aromatic carbocycles. The van der Waals surface area contributed by atoms with E-state index in [4.69, 9.17) is 11.6 Å². The number of hydrogen-bond acceptors (Lipinski definition) is 3. The van der Waals surface area contributed by atoms with Crippen LogP contribution in [-0.2, 0) is 4.79 Å². The number of amides is 1. The second-order valence-electron chi connectivity index (χ2n) is 4.23. The highest BCUT2D eigenvalue weighted by Crippen LogP contribution is 2.19. The van der Waals surface area contributed by atoms with Crippen LogP contribution in [0.3, 0.4) is 0 Å². The molecule has 2 heterocycles. The van der Waals surface area contributed by atoms with Crippen LogP contribution in [0.5, 0.6) is 0 Å². The van der Waals surface area contributed by atoms with E-state index in [1.165, 1.54) is 0 Å². The summed E-state index contributed by atoms with van der Waals surface area (Å²) in [5, 5.41) is 3.59. The lowest BCUT2D eigenvalue weighted by Crippen LogP contribution is -2.39. The predicted octanol–water partition coefficient (Wildman–Crippen LogP) is 2.16. The Bertz CT molecular complexity index is 404. The van der Waals surface area contributed by atoms with Crippen LogP contribution in [0.25, 0.3) is 0 Å². The lowest BCUT2D eigenvalue weighted by Gasteiger charge is -2.21. The van der Waals surface area contributed by atoms with Gasteiger partial charge in [0, 0.05) is 19.3 Å². The number of pyridine rings is 1. The molecule has 0 radical (unpaired) electrons. The molecule has 17 heavy (non-hydrogen) atoms. The number of rotatable bonds is 3. The monoisotopic (exact) mass is 253 g/mol. The molecule has 1 aromatic heterocycles. The highest BCUT2D eigenvalue weighted by Gasteiger charge is 2.23. The Labute approximate surface area is 106 Å². The van der Waals surface area contributed by atoms with Crippen molar-refractivity contribution in [3.8, 4) is 0 Å². The highest BCUT2D eigenvalue weighted by molar-refractivity contribution is 6.32. The summed E-state index contributed by atoms with van der Waals surface area (Å²) in [6.07, 6.45) is 3.85. The van der Waals surface area contributed by atoms with Crippen molar-refractivity contribution >= 4 is 23.3 Å². The molecule has 1 unspecified atom stereocenters. The summed E-state index contributed by atoms with van der Waals surface area (Å²) in [5.74, 6) is 0.679. The number of nitrogens with zero attached hydrogens (tertiary/aromatic N) is 2. The van der Waals surface area contributed by atoms with Gasteiger partial charge in [-0.25, -0.2) is 4.98 Å². The lowest BCUT2D eigenvalue weighted by molar-refractivity contribution is -0.130. The zero-order chi connectivity index (χ0) is 12.3. The maximum Gasteiger partial charge on any atom is 0.244 e. The maximum absolute atomic E-state index is 12.1. The second-order valence-corrected chi connectivity index (χ2v) is 4.64. The van der Waals surface area contributed by atoms with Gasteiger partial charge >= 0.3 is 0 Å². The van der Waals surface area contributed by atoms with Crippen LogP contribution >= 0.6 is 11.6 Å². The normalized spacial score (nSPS) is 16.9. The molecule has 1 aliphatic rings. The van der Waals surface area contributed by atoms with Crippen molar-refractivity contribution in [2.45, 2.75) is 25.8 Å². The van der Waals surface area contributed by atoms with Gasteiger partial charge in [-0.05, 0) is 31.9 Å². The van der Waals surface area contributed by atoms with Gasteiger partial charge in [0.05, 0.1) is 5.02 Å². The Balaban J connectivity index is 1.99. The van der Waals surface area contributed by atoms with Gasteiger partial charge in [-0.3, -0.25) is 4.79 Å². The lowest BCUT2D eigenvalue weighted by atomic mass is 10.3. The third-order valence-electron chi connectivity index (χ3n) is 2.90. The van der Waals surface area contributed by atoms with E-state index in [9.17, 15) is 4.79 Å². The SMILES string of the molecule is CC(Nc1ncccc1Cl)C(=O)N1CCCC1. The Morgan fingerprint density at radius 3 is 2.88 bits per heavy atom. The summed E-state index contributed by atoms with van der Waals surface area (Å²) < 4.78 is 0. The van der Waals surface area contributed by atoms with Crippen molar-refractivity contribution < 1.29 is 4.79 Å². The number of halogens is 1. The van der Waals surface area contributed by atoms with E-state index in [0.29, 0.717) is 10.8 Å². The average Bonchev–Trinajstić information content (AvgIpc) is 2.84. The van der Waals surface area contributed by atoms with Crippen LogP contribution in [0.2, 0.25) is 5.02 Å². The Morgan fingerprint density at radius 1 is 1.53 bits per heavy atom. The number of likely N-dealkylation sites (tertiary alicyclic amines) is 1. The molecule has 1 N–H and O–H groups in total. The zero-order valence-corrected chi connectivity index (χ0v) is 10.6. The Kier molecular flexibility index (Phi) is 3.84. The molecule has 1 amide bonds. The van der Waals surface area contributed by atoms with Crippen LogP contribution in [-0.4, -0.2) is 34.9 Å². The molecule has 1 saturated heterocycles. The van der Waals surface area contributed by atoms with Crippen molar-refractivity contribution in [1.82, 2.24) is 9.88 Å². The molecule has 0 bridgehead atoms. The first-order valence-corrected chi connectivity index (χ1v) is 6.22. The van der Waals surface area contributed by atoms with E-state index < -0.39 is 0 Å². The van der Waals surface area contributed by atoms with Crippen molar-refractivity contribution in [2.75, 3.05) is 18.4 Å². The fourth-order valence-electron chi connectivity index (χ4n) is 1.97. The summed E-state index contributed by atoms with van der Waals surface area (Å²) in [6, 6.07) is 3.23. The number of aromatic nitrogens is 1. The molecule has 0 aliphatic carbocycles. The smallest absolute Gasteiger partial charge is 0.244 e. The standard InChI is InChI=1S/C12H16ClN3O/c1-9(12(17)16-7-2-3-8-16)15-11-10(13)5-4-6-14-11/h4-6,9H,2-3,7-8H2,1H3,(H,14,15). The summed E-state index contributed by atoms with van der Waals surface area (Å²) in [6.45, 7) is 3.56. The van der Waals surface area contributed by atoms with E-state index in [0.717, 1.165) is 25.9 Å². The van der Waals surface area contributed by atoms with Crippen LogP contribution in [0, 0.1) is 0 Å². The molecular formula is C12H16ClN3O. The third kappa shape index (κ3) is 2.88. The van der Waals surface area contributed by atoms with Crippen molar-refractivity contribution in [3.63, 3.8) is 0 Å². The number of hydrogen-bond donors (Lipinski definition) is 1. The summed E-state index contributed by atoms with van der Waals surface area (Å²) >= 11 is 5.98. The van der Waals surface area contributed by atoms with Crippen LogP contribution < -0.4 is 5.32 Å². The summed E-state index contributed by atoms with van der Waals surface area (Å²) in [5.41, 5.74) is 0. The van der Waals surface area contributed by atoms with Gasteiger partial charge in [0.1, 0.15) is 11.9 Å². The Morgan fingerprint density at radius 2 is 2.24 bits per heavy atom. The molecular weight excluding hydrogens is 238 g/mol. The topological polar surface area (TPSA) is 45.2 Å². The average molecular weight is 254 g/mol. The van der Waals surface area contributed by atoms with E-state index in [2.05, 4.69) is 10.3 Å². The molecule has 2 rings (SSSR count). The number of anilines is 1. The number of nitrogens with one attached hydrogen (secondary N) is 1. The first-order valence-electron chi connectivity index (χ1n) is 5.84. The molecule has 1 aromatic rings. The van der Waals surface area contributed by atoms with Gasteiger partial charge in [-0.2, -0.15) is 0 Å². The van der Waals surface area contributed by atoms with E-state index in [-0.39, 0.29) is 11.9 Å². The molecule has 1 fully saturated rings. The zero-order valence-electron chi connectivity index (χ0n) is 9.82. The molecule has 1 aliphatic heterocycles. The molecule has 4 nitrogen and oxygen atoms in total. The molecule has 0 saturated carbocycles. The number of carbonyl (C=O) groups is 1. The third-order valence-corrected chi connectivity index (χ3v) is 3.20. The van der Waals surface area contributed by atoms with Gasteiger partial charge in [-0.1, -0.05) is 11.6 Å². The van der Waals surface area contributed by atoms with Crippen LogP contribution in [0.1, 0.15) is 19.8 Å². The molecule has 5 heteroatoms. The molecule has 92 valence electrons. The minimum Gasteiger partial charge on any atom is -0.357 e. The van der Waals surface area contributed by atoms with Gasteiger partial charge in [-0.15, -0.1) is 0 Å². The largest absolute Gasteiger partial charge is 0.357 e. The predicted molar refractivity (Wildman–Crippen MR) is 68.1 cm³/mol. The minimum absolute atomic E-state index is 0.115. The van der Waals surface area contributed by atoms with Gasteiger partial charge in [0.25, 0.3) is 0 Å². The first kappa shape index (κ1) is 12.2. The molecule has 1 atom stereocenters. The summed E-state index contributed by atoms with van der Waals surface area (Å²) in [7, 11) is 0. The fraction of sp³-hybridized carbons (Fsp3) is 0.500. The van der Waals surface area contributed by atoms with Crippen LogP contribution in [0.4, 0.5) is 5.82 Å². The van der Waals surface area contributed by atoms with Gasteiger partial charge in [0.15, 0.2) is 0 Å². The van der Waals surface area contributed by atoms with E-state index in [1.807, 2.05) is 11.8 Å². The quantitative estimate of drug-likeness (QED) is 0.898. The summed E-state index contributed by atoms with van der Waals surface area (Å²) in [4.78, 5) is 18.1.